The van der Waals surface area contributed by atoms with Crippen LogP contribution in [0.2, 0.25) is 0 Å². The monoisotopic (exact) mass is 497 g/mol. The van der Waals surface area contributed by atoms with E-state index in [9.17, 15) is 9.18 Å². The number of hydrogen-bond donors (Lipinski definition) is 0. The maximum atomic E-state index is 13.4. The number of carbonyl (C=O) groups excluding carboxylic acids is 1. The highest BCUT2D eigenvalue weighted by molar-refractivity contribution is 8.18. The van der Waals surface area contributed by atoms with Gasteiger partial charge >= 0.3 is 0 Å². The lowest BCUT2D eigenvalue weighted by Gasteiger charge is -2.12. The number of fused-ring (bicyclic) bond motifs is 1. The fraction of sp³-hybridized carbons (Fsp3) is 0.200. The zero-order chi connectivity index (χ0) is 25.4. The third-order valence-electron chi connectivity index (χ3n) is 6.59. The summed E-state index contributed by atoms with van der Waals surface area (Å²) in [6, 6.07) is 21.0. The van der Waals surface area contributed by atoms with Crippen molar-refractivity contribution in [2.75, 3.05) is 6.54 Å². The van der Waals surface area contributed by atoms with Gasteiger partial charge in [-0.05, 0) is 86.5 Å². The van der Waals surface area contributed by atoms with E-state index >= 15 is 0 Å². The third-order valence-corrected chi connectivity index (χ3v) is 7.60. The zero-order valence-electron chi connectivity index (χ0n) is 20.9. The van der Waals surface area contributed by atoms with Gasteiger partial charge in [-0.1, -0.05) is 42.5 Å². The van der Waals surface area contributed by atoms with Gasteiger partial charge in [0.05, 0.1) is 10.6 Å². The Hall–Kier alpha value is -3.64. The smallest absolute Gasteiger partial charge is 0.266 e. The number of thioether (sulfide) groups is 1. The summed E-state index contributed by atoms with van der Waals surface area (Å²) in [7, 11) is 0. The predicted molar refractivity (Wildman–Crippen MR) is 148 cm³/mol. The number of likely N-dealkylation sites (N-methyl/N-ethyl adjacent to an activating group) is 1. The molecule has 0 N–H and O–H groups in total. The number of rotatable bonds is 5. The van der Waals surface area contributed by atoms with Gasteiger partial charge in [0.15, 0.2) is 5.17 Å². The van der Waals surface area contributed by atoms with Gasteiger partial charge in [-0.25, -0.2) is 9.38 Å². The van der Waals surface area contributed by atoms with Crippen molar-refractivity contribution >= 4 is 45.5 Å². The van der Waals surface area contributed by atoms with E-state index in [0.29, 0.717) is 23.2 Å². The van der Waals surface area contributed by atoms with Crippen LogP contribution < -0.4 is 0 Å². The minimum absolute atomic E-state index is 0.0266. The van der Waals surface area contributed by atoms with Gasteiger partial charge in [0.25, 0.3) is 5.91 Å². The molecular formula is C30H28FN3OS. The van der Waals surface area contributed by atoms with E-state index < -0.39 is 0 Å². The van der Waals surface area contributed by atoms with E-state index in [2.05, 4.69) is 41.8 Å². The van der Waals surface area contributed by atoms with Crippen molar-refractivity contribution < 1.29 is 9.18 Å². The van der Waals surface area contributed by atoms with E-state index in [4.69, 9.17) is 4.99 Å². The summed E-state index contributed by atoms with van der Waals surface area (Å²) in [5.41, 5.74) is 7.28. The molecule has 0 atom stereocenters. The van der Waals surface area contributed by atoms with Crippen molar-refractivity contribution in [1.82, 2.24) is 9.47 Å². The SMILES string of the molecule is CCN1C(=O)/C(=C\c2c(C)n(Cc3ccc(F)cc3)c3ccccc23)SC1=Nc1cc(C)ccc1C. The molecule has 4 aromatic rings. The fourth-order valence-corrected chi connectivity index (χ4v) is 5.60. The lowest BCUT2D eigenvalue weighted by Crippen LogP contribution is -2.28. The summed E-state index contributed by atoms with van der Waals surface area (Å²) in [5.74, 6) is -0.268. The van der Waals surface area contributed by atoms with Crippen LogP contribution in [0.15, 0.2) is 76.6 Å². The number of aliphatic imine (C=N–C) groups is 1. The maximum absolute atomic E-state index is 13.4. The number of carbonyl (C=O) groups is 1. The molecule has 4 nitrogen and oxygen atoms in total. The summed E-state index contributed by atoms with van der Waals surface area (Å²) in [5, 5.41) is 1.79. The van der Waals surface area contributed by atoms with Crippen LogP contribution in [0, 0.1) is 26.6 Å². The van der Waals surface area contributed by atoms with Gasteiger partial charge in [0, 0.05) is 35.2 Å². The highest BCUT2D eigenvalue weighted by Crippen LogP contribution is 2.37. The van der Waals surface area contributed by atoms with E-state index in [1.807, 2.05) is 51.1 Å². The van der Waals surface area contributed by atoms with Crippen molar-refractivity contribution in [3.05, 3.63) is 105 Å². The van der Waals surface area contributed by atoms with Crippen molar-refractivity contribution in [2.45, 2.75) is 34.2 Å². The number of benzene rings is 3. The lowest BCUT2D eigenvalue weighted by molar-refractivity contribution is -0.122. The van der Waals surface area contributed by atoms with Crippen LogP contribution >= 0.6 is 11.8 Å². The number of aryl methyl sites for hydroxylation is 2. The van der Waals surface area contributed by atoms with Crippen LogP contribution in [-0.4, -0.2) is 27.1 Å². The molecule has 1 fully saturated rings. The largest absolute Gasteiger partial charge is 0.340 e. The van der Waals surface area contributed by atoms with Gasteiger partial charge in [-0.2, -0.15) is 0 Å². The summed E-state index contributed by atoms with van der Waals surface area (Å²) in [6.07, 6.45) is 2.00. The van der Waals surface area contributed by atoms with Gasteiger partial charge in [-0.15, -0.1) is 0 Å². The number of halogens is 1. The number of para-hydroxylation sites is 1. The summed E-state index contributed by atoms with van der Waals surface area (Å²) < 4.78 is 15.7. The Morgan fingerprint density at radius 2 is 1.75 bits per heavy atom. The molecule has 0 saturated carbocycles. The molecule has 36 heavy (non-hydrogen) atoms. The van der Waals surface area contributed by atoms with Crippen LogP contribution in [0.1, 0.15) is 34.9 Å². The number of hydrogen-bond acceptors (Lipinski definition) is 3. The first-order valence-corrected chi connectivity index (χ1v) is 12.9. The molecule has 2 heterocycles. The molecule has 1 saturated heterocycles. The first kappa shape index (κ1) is 24.1. The molecule has 0 bridgehead atoms. The summed E-state index contributed by atoms with van der Waals surface area (Å²) >= 11 is 1.42. The zero-order valence-corrected chi connectivity index (χ0v) is 21.7. The minimum atomic E-state index is -0.242. The van der Waals surface area contributed by atoms with E-state index in [-0.39, 0.29) is 11.7 Å². The average Bonchev–Trinajstić information content (AvgIpc) is 3.31. The molecule has 182 valence electrons. The van der Waals surface area contributed by atoms with Gasteiger partial charge in [0.2, 0.25) is 0 Å². The second-order valence-corrected chi connectivity index (χ2v) is 10.1. The average molecular weight is 498 g/mol. The van der Waals surface area contributed by atoms with Crippen LogP contribution in [0.25, 0.3) is 17.0 Å². The fourth-order valence-electron chi connectivity index (χ4n) is 4.56. The van der Waals surface area contributed by atoms with Crippen molar-refractivity contribution in [3.63, 3.8) is 0 Å². The minimum Gasteiger partial charge on any atom is -0.340 e. The Morgan fingerprint density at radius 1 is 1.00 bits per heavy atom. The Morgan fingerprint density at radius 3 is 2.50 bits per heavy atom. The molecule has 5 rings (SSSR count). The van der Waals surface area contributed by atoms with Gasteiger partial charge in [0.1, 0.15) is 5.82 Å². The topological polar surface area (TPSA) is 37.6 Å². The standard InChI is InChI=1S/C30H28FN3OS/c1-5-33-29(35)28(36-30(33)32-26-16-19(2)10-11-20(26)3)17-25-21(4)34(27-9-7-6-8-24(25)27)18-22-12-14-23(31)15-13-22/h6-17H,5,18H2,1-4H3/b28-17+,32-30?. The first-order valence-electron chi connectivity index (χ1n) is 12.1. The highest BCUT2D eigenvalue weighted by atomic mass is 32.2. The van der Waals surface area contributed by atoms with Crippen molar-refractivity contribution in [3.8, 4) is 0 Å². The molecule has 1 aliphatic rings. The molecule has 1 aromatic heterocycles. The van der Waals surface area contributed by atoms with E-state index in [1.54, 1.807) is 4.90 Å². The Balaban J connectivity index is 1.57. The van der Waals surface area contributed by atoms with E-state index in [0.717, 1.165) is 44.5 Å². The molecule has 1 amide bonds. The quantitative estimate of drug-likeness (QED) is 0.270. The molecule has 0 spiro atoms. The molecule has 1 aliphatic heterocycles. The third kappa shape index (κ3) is 4.49. The lowest BCUT2D eigenvalue weighted by atomic mass is 10.1. The van der Waals surface area contributed by atoms with Crippen LogP contribution in [0.5, 0.6) is 0 Å². The maximum Gasteiger partial charge on any atom is 0.266 e. The second-order valence-electron chi connectivity index (χ2n) is 9.07. The Kier molecular flexibility index (Phi) is 6.54. The van der Waals surface area contributed by atoms with E-state index in [1.165, 1.54) is 23.9 Å². The molecule has 0 radical (unpaired) electrons. The van der Waals surface area contributed by atoms with Gasteiger partial charge in [-0.3, -0.25) is 9.69 Å². The molecule has 0 aliphatic carbocycles. The molecule has 0 unspecified atom stereocenters. The second kappa shape index (κ2) is 9.78. The normalized spacial score (nSPS) is 16.1. The first-order chi connectivity index (χ1) is 17.4. The van der Waals surface area contributed by atoms with Crippen LogP contribution in [-0.2, 0) is 11.3 Å². The van der Waals surface area contributed by atoms with Crippen LogP contribution in [0.3, 0.4) is 0 Å². The summed E-state index contributed by atoms with van der Waals surface area (Å²) in [4.78, 5) is 20.7. The highest BCUT2D eigenvalue weighted by Gasteiger charge is 2.33. The number of amides is 1. The van der Waals surface area contributed by atoms with Gasteiger partial charge < -0.3 is 4.57 Å². The number of aromatic nitrogens is 1. The summed E-state index contributed by atoms with van der Waals surface area (Å²) in [6.45, 7) is 9.30. The van der Waals surface area contributed by atoms with Crippen molar-refractivity contribution in [2.24, 2.45) is 4.99 Å². The predicted octanol–water partition coefficient (Wildman–Crippen LogP) is 7.38. The van der Waals surface area contributed by atoms with Crippen molar-refractivity contribution in [1.29, 1.82) is 0 Å². The Labute approximate surface area is 215 Å². The Bertz CT molecular complexity index is 1530. The molecule has 3 aromatic carbocycles. The van der Waals surface area contributed by atoms with Crippen LogP contribution in [0.4, 0.5) is 10.1 Å². The molecular weight excluding hydrogens is 469 g/mol. The molecule has 6 heteroatoms. The number of nitrogens with zero attached hydrogens (tertiary/aromatic N) is 3. The number of amidine groups is 1.